The minimum atomic E-state index is -0.185. The smallest absolute Gasteiger partial charge is 0.191 e. The predicted molar refractivity (Wildman–Crippen MR) is 118 cm³/mol. The molecule has 2 fully saturated rings. The van der Waals surface area contributed by atoms with Crippen molar-refractivity contribution in [3.8, 4) is 0 Å². The van der Waals surface area contributed by atoms with Crippen molar-refractivity contribution in [2.45, 2.75) is 57.2 Å². The molecule has 0 radical (unpaired) electrons. The number of guanidine groups is 1. The van der Waals surface area contributed by atoms with E-state index in [1.165, 1.54) is 5.56 Å². The Balaban J connectivity index is 1.52. The Hall–Kier alpha value is -1.63. The van der Waals surface area contributed by atoms with Gasteiger partial charge in [-0.05, 0) is 32.3 Å². The van der Waals surface area contributed by atoms with Crippen LogP contribution < -0.4 is 10.6 Å². The number of nitrogens with zero attached hydrogens (tertiary/aromatic N) is 2. The molecule has 1 unspecified atom stereocenters. The molecule has 0 aromatic heterocycles. The Morgan fingerprint density at radius 1 is 1.24 bits per heavy atom. The standard InChI is InChI=1S/C23H38N4O2/c1-4-24-22(25-18-23(28-3)12-16-29-17-13-23)26-21-10-14-27(15-11-21)19(2)20-8-6-5-7-9-20/h5-9,19,21H,4,10-18H2,1-3H3,(H2,24,25,26). The second-order valence-electron chi connectivity index (χ2n) is 8.24. The van der Waals surface area contributed by atoms with E-state index in [0.717, 1.165) is 64.5 Å². The van der Waals surface area contributed by atoms with E-state index in [1.807, 2.05) is 0 Å². The molecule has 2 saturated heterocycles. The third kappa shape index (κ3) is 6.17. The molecule has 162 valence electrons. The first-order chi connectivity index (χ1) is 14.2. The van der Waals surface area contributed by atoms with Gasteiger partial charge >= 0.3 is 0 Å². The number of methoxy groups -OCH3 is 1. The van der Waals surface area contributed by atoms with Crippen LogP contribution in [0.4, 0.5) is 0 Å². The summed E-state index contributed by atoms with van der Waals surface area (Å²) in [6.45, 7) is 9.68. The molecule has 0 aliphatic carbocycles. The maximum atomic E-state index is 5.83. The minimum absolute atomic E-state index is 0.185. The summed E-state index contributed by atoms with van der Waals surface area (Å²) in [7, 11) is 1.80. The first kappa shape index (κ1) is 22.1. The first-order valence-electron chi connectivity index (χ1n) is 11.1. The number of aliphatic imine (C=N–C) groups is 1. The van der Waals surface area contributed by atoms with Gasteiger partial charge in [-0.3, -0.25) is 9.89 Å². The summed E-state index contributed by atoms with van der Waals surface area (Å²) in [6.07, 6.45) is 4.07. The van der Waals surface area contributed by atoms with E-state index in [1.54, 1.807) is 7.11 Å². The number of ether oxygens (including phenoxy) is 2. The van der Waals surface area contributed by atoms with Gasteiger partial charge in [-0.2, -0.15) is 0 Å². The lowest BCUT2D eigenvalue weighted by Crippen LogP contribution is -2.50. The van der Waals surface area contributed by atoms with Gasteiger partial charge in [0.25, 0.3) is 0 Å². The van der Waals surface area contributed by atoms with Crippen molar-refractivity contribution in [1.29, 1.82) is 0 Å². The van der Waals surface area contributed by atoms with E-state index >= 15 is 0 Å². The third-order valence-electron chi connectivity index (χ3n) is 6.41. The molecule has 3 rings (SSSR count). The SMILES string of the molecule is CCNC(=NCC1(OC)CCOCC1)NC1CCN(C(C)c2ccccc2)CC1. The van der Waals surface area contributed by atoms with Crippen LogP contribution in [0, 0.1) is 0 Å². The average Bonchev–Trinajstić information content (AvgIpc) is 2.79. The summed E-state index contributed by atoms with van der Waals surface area (Å²) in [5, 5.41) is 7.07. The molecule has 0 saturated carbocycles. The molecule has 6 nitrogen and oxygen atoms in total. The van der Waals surface area contributed by atoms with Crippen molar-refractivity contribution in [2.24, 2.45) is 4.99 Å². The van der Waals surface area contributed by atoms with Crippen LogP contribution in [0.3, 0.4) is 0 Å². The molecule has 1 aromatic rings. The molecule has 2 aliphatic rings. The molecule has 1 aromatic carbocycles. The molecule has 0 spiro atoms. The van der Waals surface area contributed by atoms with Crippen LogP contribution in [0.1, 0.15) is 51.1 Å². The highest BCUT2D eigenvalue weighted by Crippen LogP contribution is 2.25. The Morgan fingerprint density at radius 2 is 1.93 bits per heavy atom. The Labute approximate surface area is 176 Å². The molecule has 29 heavy (non-hydrogen) atoms. The normalized spacial score (nSPS) is 22.2. The molecule has 2 aliphatic heterocycles. The molecule has 0 bridgehead atoms. The second-order valence-corrected chi connectivity index (χ2v) is 8.24. The summed E-state index contributed by atoms with van der Waals surface area (Å²) < 4.78 is 11.3. The summed E-state index contributed by atoms with van der Waals surface area (Å²) in [6, 6.07) is 11.7. The van der Waals surface area contributed by atoms with Crippen LogP contribution >= 0.6 is 0 Å². The van der Waals surface area contributed by atoms with E-state index in [-0.39, 0.29) is 5.60 Å². The number of hydrogen-bond acceptors (Lipinski definition) is 4. The highest BCUT2D eigenvalue weighted by atomic mass is 16.5. The molecular weight excluding hydrogens is 364 g/mol. The molecule has 1 atom stereocenters. The highest BCUT2D eigenvalue weighted by molar-refractivity contribution is 5.80. The summed E-state index contributed by atoms with van der Waals surface area (Å²) >= 11 is 0. The van der Waals surface area contributed by atoms with Crippen molar-refractivity contribution >= 4 is 5.96 Å². The zero-order valence-electron chi connectivity index (χ0n) is 18.3. The third-order valence-corrected chi connectivity index (χ3v) is 6.41. The first-order valence-corrected chi connectivity index (χ1v) is 11.1. The van der Waals surface area contributed by atoms with E-state index in [9.17, 15) is 0 Å². The van der Waals surface area contributed by atoms with Gasteiger partial charge in [-0.1, -0.05) is 30.3 Å². The van der Waals surface area contributed by atoms with Gasteiger partial charge in [0, 0.05) is 64.9 Å². The van der Waals surface area contributed by atoms with Gasteiger partial charge in [0.05, 0.1) is 12.1 Å². The molecule has 2 heterocycles. The number of likely N-dealkylation sites (tertiary alicyclic amines) is 1. The Morgan fingerprint density at radius 3 is 2.55 bits per heavy atom. The van der Waals surface area contributed by atoms with Crippen LogP contribution in [0.2, 0.25) is 0 Å². The maximum Gasteiger partial charge on any atom is 0.191 e. The van der Waals surface area contributed by atoms with Gasteiger partial charge in [-0.15, -0.1) is 0 Å². The van der Waals surface area contributed by atoms with E-state index in [2.05, 4.69) is 59.7 Å². The van der Waals surface area contributed by atoms with Gasteiger partial charge in [-0.25, -0.2) is 0 Å². The fraction of sp³-hybridized carbons (Fsp3) is 0.696. The van der Waals surface area contributed by atoms with Crippen molar-refractivity contribution in [1.82, 2.24) is 15.5 Å². The van der Waals surface area contributed by atoms with E-state index < -0.39 is 0 Å². The predicted octanol–water partition coefficient (Wildman–Crippen LogP) is 2.96. The minimum Gasteiger partial charge on any atom is -0.381 e. The molecular formula is C23H38N4O2. The average molecular weight is 403 g/mol. The van der Waals surface area contributed by atoms with Crippen LogP contribution in [-0.2, 0) is 9.47 Å². The topological polar surface area (TPSA) is 58.1 Å². The van der Waals surface area contributed by atoms with Gasteiger partial charge in [0.15, 0.2) is 5.96 Å². The number of hydrogen-bond donors (Lipinski definition) is 2. The summed E-state index contributed by atoms with van der Waals surface area (Å²) in [5.41, 5.74) is 1.21. The lowest BCUT2D eigenvalue weighted by molar-refractivity contribution is -0.0828. The lowest BCUT2D eigenvalue weighted by Gasteiger charge is -2.37. The van der Waals surface area contributed by atoms with E-state index in [0.29, 0.717) is 18.6 Å². The lowest BCUT2D eigenvalue weighted by atomic mass is 9.94. The van der Waals surface area contributed by atoms with Gasteiger partial charge < -0.3 is 20.1 Å². The number of benzene rings is 1. The second kappa shape index (κ2) is 11.0. The molecule has 2 N–H and O–H groups in total. The Bertz CT molecular complexity index is 623. The van der Waals surface area contributed by atoms with Crippen molar-refractivity contribution < 1.29 is 9.47 Å². The monoisotopic (exact) mass is 402 g/mol. The van der Waals surface area contributed by atoms with Crippen LogP contribution in [0.15, 0.2) is 35.3 Å². The summed E-state index contributed by atoms with van der Waals surface area (Å²) in [5.74, 6) is 0.907. The fourth-order valence-corrected chi connectivity index (χ4v) is 4.28. The fourth-order valence-electron chi connectivity index (χ4n) is 4.28. The highest BCUT2D eigenvalue weighted by Gasteiger charge is 2.32. The van der Waals surface area contributed by atoms with Crippen LogP contribution in [0.25, 0.3) is 0 Å². The quantitative estimate of drug-likeness (QED) is 0.542. The van der Waals surface area contributed by atoms with Crippen molar-refractivity contribution in [3.05, 3.63) is 35.9 Å². The largest absolute Gasteiger partial charge is 0.381 e. The van der Waals surface area contributed by atoms with E-state index in [4.69, 9.17) is 14.5 Å². The molecule has 0 amide bonds. The van der Waals surface area contributed by atoms with Crippen LogP contribution in [0.5, 0.6) is 0 Å². The molecule has 6 heteroatoms. The van der Waals surface area contributed by atoms with Crippen LogP contribution in [-0.4, -0.2) is 69.0 Å². The number of nitrogens with one attached hydrogen (secondary N) is 2. The zero-order valence-corrected chi connectivity index (χ0v) is 18.3. The summed E-state index contributed by atoms with van der Waals surface area (Å²) in [4.78, 5) is 7.46. The number of piperidine rings is 1. The number of rotatable bonds is 7. The van der Waals surface area contributed by atoms with Crippen molar-refractivity contribution in [2.75, 3.05) is 46.5 Å². The Kier molecular flexibility index (Phi) is 8.33. The van der Waals surface area contributed by atoms with Crippen molar-refractivity contribution in [3.63, 3.8) is 0 Å². The zero-order chi connectivity index (χ0) is 20.5. The van der Waals surface area contributed by atoms with Gasteiger partial charge in [0.1, 0.15) is 0 Å². The van der Waals surface area contributed by atoms with Gasteiger partial charge in [0.2, 0.25) is 0 Å². The maximum absolute atomic E-state index is 5.83.